The van der Waals surface area contributed by atoms with Gasteiger partial charge in [-0.3, -0.25) is 9.59 Å². The summed E-state index contributed by atoms with van der Waals surface area (Å²) in [6.45, 7) is 5.88. The SMILES string of the molecule is CCCCCC(CC(C)=O)OC(=O)CC(CCCCSCCC)OC. The second kappa shape index (κ2) is 16.9. The summed E-state index contributed by atoms with van der Waals surface area (Å²) in [5.41, 5.74) is 0. The lowest BCUT2D eigenvalue weighted by molar-refractivity contribution is -0.153. The Morgan fingerprint density at radius 1 is 0.880 bits per heavy atom. The van der Waals surface area contributed by atoms with Gasteiger partial charge in [-0.25, -0.2) is 0 Å². The normalized spacial score (nSPS) is 13.4. The average molecular weight is 375 g/mol. The maximum Gasteiger partial charge on any atom is 0.308 e. The van der Waals surface area contributed by atoms with Gasteiger partial charge in [-0.05, 0) is 50.5 Å². The Hall–Kier alpha value is -0.550. The predicted octanol–water partition coefficient (Wildman–Crippen LogP) is 5.18. The molecule has 5 heteroatoms. The molecule has 0 radical (unpaired) electrons. The van der Waals surface area contributed by atoms with Crippen LogP contribution in [-0.2, 0) is 19.1 Å². The Kier molecular flexibility index (Phi) is 16.5. The van der Waals surface area contributed by atoms with Gasteiger partial charge in [0.15, 0.2) is 0 Å². The van der Waals surface area contributed by atoms with E-state index in [4.69, 9.17) is 9.47 Å². The fourth-order valence-corrected chi connectivity index (χ4v) is 3.59. The highest BCUT2D eigenvalue weighted by atomic mass is 32.2. The number of methoxy groups -OCH3 is 1. The molecule has 0 saturated carbocycles. The van der Waals surface area contributed by atoms with Crippen molar-refractivity contribution in [2.24, 2.45) is 0 Å². The third-order valence-corrected chi connectivity index (χ3v) is 5.36. The minimum Gasteiger partial charge on any atom is -0.462 e. The van der Waals surface area contributed by atoms with Gasteiger partial charge in [0.25, 0.3) is 0 Å². The first-order chi connectivity index (χ1) is 12.0. The number of hydrogen-bond donors (Lipinski definition) is 0. The van der Waals surface area contributed by atoms with Crippen molar-refractivity contribution in [3.8, 4) is 0 Å². The fraction of sp³-hybridized carbons (Fsp3) is 0.900. The molecule has 25 heavy (non-hydrogen) atoms. The van der Waals surface area contributed by atoms with Gasteiger partial charge in [-0.15, -0.1) is 0 Å². The molecule has 2 unspecified atom stereocenters. The van der Waals surface area contributed by atoms with E-state index in [2.05, 4.69) is 13.8 Å². The van der Waals surface area contributed by atoms with Crippen LogP contribution in [0, 0.1) is 0 Å². The first-order valence-corrected chi connectivity index (χ1v) is 11.0. The summed E-state index contributed by atoms with van der Waals surface area (Å²) in [4.78, 5) is 23.6. The summed E-state index contributed by atoms with van der Waals surface area (Å²) in [6.07, 6.45) is 8.53. The van der Waals surface area contributed by atoms with Crippen LogP contribution >= 0.6 is 11.8 Å². The molecule has 0 aliphatic rings. The maximum absolute atomic E-state index is 12.2. The van der Waals surface area contributed by atoms with E-state index in [1.54, 1.807) is 14.0 Å². The first kappa shape index (κ1) is 24.5. The first-order valence-electron chi connectivity index (χ1n) is 9.82. The summed E-state index contributed by atoms with van der Waals surface area (Å²) in [5, 5.41) is 0. The van der Waals surface area contributed by atoms with Crippen LogP contribution in [0.15, 0.2) is 0 Å². The molecule has 0 aromatic heterocycles. The summed E-state index contributed by atoms with van der Waals surface area (Å²) in [6, 6.07) is 0. The van der Waals surface area contributed by atoms with Crippen molar-refractivity contribution in [3.05, 3.63) is 0 Å². The van der Waals surface area contributed by atoms with Gasteiger partial charge in [-0.1, -0.05) is 33.1 Å². The molecule has 0 N–H and O–H groups in total. The number of rotatable bonds is 17. The van der Waals surface area contributed by atoms with Crippen molar-refractivity contribution < 1.29 is 19.1 Å². The number of carbonyl (C=O) groups excluding carboxylic acids is 2. The zero-order valence-electron chi connectivity index (χ0n) is 16.7. The summed E-state index contributed by atoms with van der Waals surface area (Å²) in [7, 11) is 1.65. The average Bonchev–Trinajstić information content (AvgIpc) is 2.56. The molecule has 0 spiro atoms. The van der Waals surface area contributed by atoms with Gasteiger partial charge in [0.05, 0.1) is 12.5 Å². The Bertz CT molecular complexity index is 347. The van der Waals surface area contributed by atoms with E-state index in [-0.39, 0.29) is 30.4 Å². The number of carbonyl (C=O) groups is 2. The molecular formula is C20H38O4S. The van der Waals surface area contributed by atoms with E-state index in [0.29, 0.717) is 6.42 Å². The highest BCUT2D eigenvalue weighted by Gasteiger charge is 2.19. The van der Waals surface area contributed by atoms with Crippen molar-refractivity contribution in [3.63, 3.8) is 0 Å². The number of ether oxygens (including phenoxy) is 2. The van der Waals surface area contributed by atoms with Crippen LogP contribution in [0.2, 0.25) is 0 Å². The van der Waals surface area contributed by atoms with Crippen LogP contribution in [-0.4, -0.2) is 42.6 Å². The van der Waals surface area contributed by atoms with Gasteiger partial charge in [0.2, 0.25) is 0 Å². The number of esters is 1. The lowest BCUT2D eigenvalue weighted by Crippen LogP contribution is -2.25. The quantitative estimate of drug-likeness (QED) is 0.259. The standard InChI is InChI=1S/C20H38O4S/c1-5-7-8-12-19(15-17(3)21)24-20(22)16-18(23-4)11-9-10-14-25-13-6-2/h18-19H,5-16H2,1-4H3. The van der Waals surface area contributed by atoms with E-state index in [9.17, 15) is 9.59 Å². The van der Waals surface area contributed by atoms with E-state index in [1.807, 2.05) is 11.8 Å². The van der Waals surface area contributed by atoms with Crippen molar-refractivity contribution >= 4 is 23.5 Å². The number of hydrogen-bond acceptors (Lipinski definition) is 5. The van der Waals surface area contributed by atoms with Gasteiger partial charge in [0.1, 0.15) is 11.9 Å². The van der Waals surface area contributed by atoms with E-state index in [0.717, 1.165) is 44.9 Å². The smallest absolute Gasteiger partial charge is 0.308 e. The molecule has 0 heterocycles. The zero-order valence-corrected chi connectivity index (χ0v) is 17.5. The molecule has 0 aromatic rings. The molecular weight excluding hydrogens is 336 g/mol. The Labute approximate surface area is 158 Å². The number of ketones is 1. The highest BCUT2D eigenvalue weighted by Crippen LogP contribution is 2.16. The van der Waals surface area contributed by atoms with Crippen LogP contribution in [0.4, 0.5) is 0 Å². The molecule has 0 aliphatic heterocycles. The summed E-state index contributed by atoms with van der Waals surface area (Å²) in [5.74, 6) is 2.22. The Balaban J connectivity index is 4.13. The molecule has 148 valence electrons. The zero-order chi connectivity index (χ0) is 18.9. The largest absolute Gasteiger partial charge is 0.462 e. The minimum absolute atomic E-state index is 0.0715. The van der Waals surface area contributed by atoms with Crippen LogP contribution < -0.4 is 0 Å². The predicted molar refractivity (Wildman–Crippen MR) is 106 cm³/mol. The molecule has 0 rings (SSSR count). The number of thioether (sulfide) groups is 1. The van der Waals surface area contributed by atoms with Gasteiger partial charge >= 0.3 is 5.97 Å². The lowest BCUT2D eigenvalue weighted by Gasteiger charge is -2.19. The second-order valence-electron chi connectivity index (χ2n) is 6.68. The third kappa shape index (κ3) is 15.4. The Morgan fingerprint density at radius 3 is 2.16 bits per heavy atom. The Morgan fingerprint density at radius 2 is 1.56 bits per heavy atom. The van der Waals surface area contributed by atoms with E-state index in [1.165, 1.54) is 17.9 Å². The monoisotopic (exact) mass is 374 g/mol. The van der Waals surface area contributed by atoms with Crippen molar-refractivity contribution in [1.82, 2.24) is 0 Å². The highest BCUT2D eigenvalue weighted by molar-refractivity contribution is 7.99. The molecule has 0 fully saturated rings. The lowest BCUT2D eigenvalue weighted by atomic mass is 10.1. The molecule has 0 amide bonds. The minimum atomic E-state index is -0.278. The van der Waals surface area contributed by atoms with Crippen LogP contribution in [0.3, 0.4) is 0 Å². The van der Waals surface area contributed by atoms with Crippen molar-refractivity contribution in [2.75, 3.05) is 18.6 Å². The van der Waals surface area contributed by atoms with Crippen LogP contribution in [0.25, 0.3) is 0 Å². The molecule has 0 aliphatic carbocycles. The number of Topliss-reactive ketones (excluding diaryl/α,β-unsaturated/α-hetero) is 1. The van der Waals surface area contributed by atoms with Gasteiger partial charge < -0.3 is 9.47 Å². The van der Waals surface area contributed by atoms with E-state index < -0.39 is 0 Å². The van der Waals surface area contributed by atoms with Crippen molar-refractivity contribution in [2.45, 2.75) is 97.2 Å². The summed E-state index contributed by atoms with van der Waals surface area (Å²) >= 11 is 1.99. The molecule has 0 bridgehead atoms. The summed E-state index contributed by atoms with van der Waals surface area (Å²) < 4.78 is 11.0. The maximum atomic E-state index is 12.2. The fourth-order valence-electron chi connectivity index (χ4n) is 2.69. The van der Waals surface area contributed by atoms with Crippen LogP contribution in [0.5, 0.6) is 0 Å². The third-order valence-electron chi connectivity index (χ3n) is 4.08. The molecule has 4 nitrogen and oxygen atoms in total. The van der Waals surface area contributed by atoms with Crippen LogP contribution in [0.1, 0.15) is 85.0 Å². The topological polar surface area (TPSA) is 52.6 Å². The van der Waals surface area contributed by atoms with E-state index >= 15 is 0 Å². The number of unbranched alkanes of at least 4 members (excludes halogenated alkanes) is 3. The van der Waals surface area contributed by atoms with Crippen molar-refractivity contribution in [1.29, 1.82) is 0 Å². The second-order valence-corrected chi connectivity index (χ2v) is 7.91. The molecule has 0 aromatic carbocycles. The molecule has 2 atom stereocenters. The van der Waals surface area contributed by atoms with Gasteiger partial charge in [0, 0.05) is 13.5 Å². The molecule has 0 saturated heterocycles. The van der Waals surface area contributed by atoms with Gasteiger partial charge in [-0.2, -0.15) is 11.8 Å².